The number of amides is 1. The number of halogens is 1. The maximum absolute atomic E-state index is 11.7. The fraction of sp³-hybridized carbons (Fsp3) is 0.444. The zero-order valence-corrected chi connectivity index (χ0v) is 9.69. The highest BCUT2D eigenvalue weighted by atomic mass is 35.5. The van der Waals surface area contributed by atoms with E-state index in [1.807, 2.05) is 0 Å². The van der Waals surface area contributed by atoms with E-state index in [0.29, 0.717) is 0 Å². The van der Waals surface area contributed by atoms with Crippen LogP contribution in [0, 0.1) is 10.1 Å². The molecule has 1 aromatic rings. The smallest absolute Gasteiger partial charge is 0.323 e. The van der Waals surface area contributed by atoms with E-state index in [2.05, 4.69) is 5.32 Å². The summed E-state index contributed by atoms with van der Waals surface area (Å²) >= 11 is 5.55. The molecule has 1 unspecified atom stereocenters. The summed E-state index contributed by atoms with van der Waals surface area (Å²) in [5.41, 5.74) is 0.240. The lowest BCUT2D eigenvalue weighted by Crippen LogP contribution is -2.34. The van der Waals surface area contributed by atoms with Crippen LogP contribution in [-0.4, -0.2) is 27.3 Å². The van der Waals surface area contributed by atoms with Crippen LogP contribution in [0.5, 0.6) is 0 Å². The lowest BCUT2D eigenvalue weighted by atomic mass is 10.3. The second kappa shape index (κ2) is 4.98. The Morgan fingerprint density at radius 3 is 2.75 bits per heavy atom. The van der Waals surface area contributed by atoms with Gasteiger partial charge in [-0.2, -0.15) is 0 Å². The summed E-state index contributed by atoms with van der Waals surface area (Å²) in [6.45, 7) is 1.75. The van der Waals surface area contributed by atoms with Gasteiger partial charge < -0.3 is 15.4 Å². The molecule has 0 saturated heterocycles. The Labute approximate surface area is 97.3 Å². The van der Waals surface area contributed by atoms with Crippen molar-refractivity contribution in [2.75, 3.05) is 5.88 Å². The summed E-state index contributed by atoms with van der Waals surface area (Å²) in [6.07, 6.45) is 0. The Kier molecular flexibility index (Phi) is 3.89. The molecule has 16 heavy (non-hydrogen) atoms. The minimum Gasteiger partial charge on any atom is -0.358 e. The molecule has 0 aliphatic heterocycles. The Hall–Kier alpha value is -1.56. The van der Waals surface area contributed by atoms with Gasteiger partial charge in [0, 0.05) is 18.0 Å². The number of nitrogens with one attached hydrogen (secondary N) is 1. The van der Waals surface area contributed by atoms with E-state index in [9.17, 15) is 14.9 Å². The van der Waals surface area contributed by atoms with Crippen molar-refractivity contribution in [1.29, 1.82) is 0 Å². The lowest BCUT2D eigenvalue weighted by molar-refractivity contribution is -0.391. The molecule has 1 aromatic heterocycles. The summed E-state index contributed by atoms with van der Waals surface area (Å²) in [5, 5.41) is 13.2. The number of nitro groups is 1. The molecule has 0 bridgehead atoms. The summed E-state index contributed by atoms with van der Waals surface area (Å²) in [7, 11) is 1.47. The molecule has 0 fully saturated rings. The number of carbonyl (C=O) groups is 1. The number of aromatic nitrogens is 1. The summed E-state index contributed by atoms with van der Waals surface area (Å²) in [6, 6.07) is 2.53. The molecule has 1 N–H and O–H groups in total. The number of hydrogen-bond donors (Lipinski definition) is 1. The number of rotatable bonds is 4. The highest BCUT2D eigenvalue weighted by molar-refractivity contribution is 6.18. The van der Waals surface area contributed by atoms with Gasteiger partial charge in [-0.3, -0.25) is 4.79 Å². The van der Waals surface area contributed by atoms with Crippen LogP contribution < -0.4 is 5.32 Å². The molecule has 6 nitrogen and oxygen atoms in total. The molecule has 1 rings (SSSR count). The van der Waals surface area contributed by atoms with Gasteiger partial charge in [-0.05, 0) is 17.9 Å². The Bertz CT molecular complexity index is 416. The van der Waals surface area contributed by atoms with Crippen molar-refractivity contribution in [1.82, 2.24) is 9.88 Å². The van der Waals surface area contributed by atoms with Crippen molar-refractivity contribution in [3.8, 4) is 0 Å². The first kappa shape index (κ1) is 12.5. The molecular formula is C9H12ClN3O3. The summed E-state index contributed by atoms with van der Waals surface area (Å²) in [4.78, 5) is 21.7. The van der Waals surface area contributed by atoms with Crippen molar-refractivity contribution in [3.05, 3.63) is 27.9 Å². The van der Waals surface area contributed by atoms with E-state index in [1.165, 1.54) is 23.7 Å². The van der Waals surface area contributed by atoms with Gasteiger partial charge in [-0.25, -0.2) is 4.57 Å². The molecular weight excluding hydrogens is 234 g/mol. The van der Waals surface area contributed by atoms with Gasteiger partial charge in [0.05, 0.1) is 7.05 Å². The first-order valence-electron chi connectivity index (χ1n) is 4.64. The maximum atomic E-state index is 11.7. The van der Waals surface area contributed by atoms with Crippen molar-refractivity contribution in [2.24, 2.45) is 7.05 Å². The zero-order chi connectivity index (χ0) is 12.3. The molecule has 0 spiro atoms. The van der Waals surface area contributed by atoms with Gasteiger partial charge in [0.1, 0.15) is 0 Å². The Morgan fingerprint density at radius 1 is 1.69 bits per heavy atom. The maximum Gasteiger partial charge on any atom is 0.323 e. The Balaban J connectivity index is 2.89. The second-order valence-corrected chi connectivity index (χ2v) is 3.73. The molecule has 1 atom stereocenters. The first-order chi connectivity index (χ1) is 7.47. The minimum atomic E-state index is -0.540. The standard InChI is InChI=1S/C9H12ClN3O3/c1-6(5-10)11-9(14)7-3-4-8(12(7)2)13(15)16/h3-4,6H,5H2,1-2H3,(H,11,14). The molecule has 1 amide bonds. The third kappa shape index (κ3) is 2.52. The quantitative estimate of drug-likeness (QED) is 0.493. The van der Waals surface area contributed by atoms with Crippen LogP contribution in [0.25, 0.3) is 0 Å². The first-order valence-corrected chi connectivity index (χ1v) is 5.17. The molecule has 0 aliphatic carbocycles. The summed E-state index contributed by atoms with van der Waals surface area (Å²) < 4.78 is 1.23. The average Bonchev–Trinajstić information content (AvgIpc) is 2.59. The van der Waals surface area contributed by atoms with E-state index >= 15 is 0 Å². The monoisotopic (exact) mass is 245 g/mol. The van der Waals surface area contributed by atoms with Gasteiger partial charge in [0.2, 0.25) is 0 Å². The van der Waals surface area contributed by atoms with Crippen LogP contribution >= 0.6 is 11.6 Å². The second-order valence-electron chi connectivity index (χ2n) is 3.42. The Morgan fingerprint density at radius 2 is 2.31 bits per heavy atom. The van der Waals surface area contributed by atoms with E-state index in [-0.39, 0.29) is 29.3 Å². The van der Waals surface area contributed by atoms with Crippen LogP contribution in [-0.2, 0) is 7.05 Å². The van der Waals surface area contributed by atoms with Crippen LogP contribution in [0.2, 0.25) is 0 Å². The van der Waals surface area contributed by atoms with Gasteiger partial charge in [-0.15, -0.1) is 11.6 Å². The number of carbonyl (C=O) groups excluding carboxylic acids is 1. The van der Waals surface area contributed by atoms with Crippen molar-refractivity contribution < 1.29 is 9.72 Å². The van der Waals surface area contributed by atoms with E-state index < -0.39 is 4.92 Å². The van der Waals surface area contributed by atoms with Crippen LogP contribution in [0.15, 0.2) is 12.1 Å². The summed E-state index contributed by atoms with van der Waals surface area (Å²) in [5.74, 6) is -0.203. The highest BCUT2D eigenvalue weighted by Gasteiger charge is 2.21. The van der Waals surface area contributed by atoms with Crippen molar-refractivity contribution in [3.63, 3.8) is 0 Å². The van der Waals surface area contributed by atoms with Gasteiger partial charge >= 0.3 is 5.82 Å². The van der Waals surface area contributed by atoms with Gasteiger partial charge in [0.25, 0.3) is 5.91 Å². The lowest BCUT2D eigenvalue weighted by Gasteiger charge is -2.08. The predicted octanol–water partition coefficient (Wildman–Crippen LogP) is 1.29. The molecule has 0 radical (unpaired) electrons. The molecule has 88 valence electrons. The minimum absolute atomic E-state index is 0.122. The fourth-order valence-corrected chi connectivity index (χ4v) is 1.33. The molecule has 7 heteroatoms. The number of hydrogen-bond acceptors (Lipinski definition) is 3. The van der Waals surface area contributed by atoms with Crippen molar-refractivity contribution in [2.45, 2.75) is 13.0 Å². The van der Waals surface area contributed by atoms with Gasteiger partial charge in [0.15, 0.2) is 5.69 Å². The normalized spacial score (nSPS) is 12.2. The predicted molar refractivity (Wildman–Crippen MR) is 59.7 cm³/mol. The molecule has 0 saturated carbocycles. The zero-order valence-electron chi connectivity index (χ0n) is 8.94. The fourth-order valence-electron chi connectivity index (χ4n) is 1.25. The molecule has 0 aliphatic rings. The SMILES string of the molecule is CC(CCl)NC(=O)c1ccc([N+](=O)[O-])n1C. The van der Waals surface area contributed by atoms with E-state index in [1.54, 1.807) is 6.92 Å². The number of nitrogens with zero attached hydrogens (tertiary/aromatic N) is 2. The average molecular weight is 246 g/mol. The van der Waals surface area contributed by atoms with Crippen LogP contribution in [0.1, 0.15) is 17.4 Å². The van der Waals surface area contributed by atoms with Crippen molar-refractivity contribution >= 4 is 23.3 Å². The largest absolute Gasteiger partial charge is 0.358 e. The van der Waals surface area contributed by atoms with Crippen LogP contribution in [0.3, 0.4) is 0 Å². The highest BCUT2D eigenvalue weighted by Crippen LogP contribution is 2.14. The number of alkyl halides is 1. The topological polar surface area (TPSA) is 77.2 Å². The third-order valence-corrected chi connectivity index (χ3v) is 2.59. The molecule has 1 heterocycles. The van der Waals surface area contributed by atoms with Crippen LogP contribution in [0.4, 0.5) is 5.82 Å². The third-order valence-electron chi connectivity index (χ3n) is 2.12. The van der Waals surface area contributed by atoms with E-state index in [0.717, 1.165) is 0 Å². The molecule has 0 aromatic carbocycles. The van der Waals surface area contributed by atoms with Gasteiger partial charge in [-0.1, -0.05) is 0 Å². The van der Waals surface area contributed by atoms with E-state index in [4.69, 9.17) is 11.6 Å².